The SMILES string of the molecule is Cc1ccc(NC(=O)COc2ccc(/C=N\NS(=O)(=O)c3ccc(C)cc3)cc2)cc1. The van der Waals surface area contributed by atoms with Crippen molar-refractivity contribution in [2.24, 2.45) is 5.10 Å². The van der Waals surface area contributed by atoms with Gasteiger partial charge in [0.25, 0.3) is 15.9 Å². The van der Waals surface area contributed by atoms with Gasteiger partial charge in [0, 0.05) is 5.69 Å². The number of ether oxygens (including phenoxy) is 1. The van der Waals surface area contributed by atoms with E-state index >= 15 is 0 Å². The molecule has 0 aliphatic heterocycles. The first-order valence-electron chi connectivity index (χ1n) is 9.53. The molecular formula is C23H23N3O4S. The number of hydrazone groups is 1. The third kappa shape index (κ3) is 6.68. The predicted molar refractivity (Wildman–Crippen MR) is 121 cm³/mol. The van der Waals surface area contributed by atoms with Gasteiger partial charge in [-0.2, -0.15) is 13.5 Å². The van der Waals surface area contributed by atoms with Crippen LogP contribution in [0, 0.1) is 13.8 Å². The van der Waals surface area contributed by atoms with Gasteiger partial charge in [-0.05, 0) is 67.9 Å². The lowest BCUT2D eigenvalue weighted by molar-refractivity contribution is -0.118. The van der Waals surface area contributed by atoms with Crippen molar-refractivity contribution in [2.75, 3.05) is 11.9 Å². The molecule has 0 aromatic heterocycles. The van der Waals surface area contributed by atoms with Crippen LogP contribution in [0.4, 0.5) is 5.69 Å². The van der Waals surface area contributed by atoms with Gasteiger partial charge in [-0.3, -0.25) is 4.79 Å². The van der Waals surface area contributed by atoms with Gasteiger partial charge in [-0.15, -0.1) is 0 Å². The Morgan fingerprint density at radius 2 is 1.48 bits per heavy atom. The number of carbonyl (C=O) groups is 1. The summed E-state index contributed by atoms with van der Waals surface area (Å²) in [7, 11) is -3.72. The maximum absolute atomic E-state index is 12.2. The van der Waals surface area contributed by atoms with Crippen LogP contribution in [0.2, 0.25) is 0 Å². The Morgan fingerprint density at radius 1 is 0.903 bits per heavy atom. The minimum Gasteiger partial charge on any atom is -0.484 e. The van der Waals surface area contributed by atoms with Crippen LogP contribution in [0.5, 0.6) is 5.75 Å². The Balaban J connectivity index is 1.49. The zero-order valence-corrected chi connectivity index (χ0v) is 18.0. The molecule has 0 radical (unpaired) electrons. The van der Waals surface area contributed by atoms with Crippen LogP contribution >= 0.6 is 0 Å². The summed E-state index contributed by atoms with van der Waals surface area (Å²) in [5.41, 5.74) is 3.46. The third-order valence-corrected chi connectivity index (χ3v) is 5.54. The van der Waals surface area contributed by atoms with E-state index < -0.39 is 10.0 Å². The molecule has 0 heterocycles. The van der Waals surface area contributed by atoms with E-state index in [4.69, 9.17) is 4.74 Å². The first-order valence-corrected chi connectivity index (χ1v) is 11.0. The largest absolute Gasteiger partial charge is 0.484 e. The quantitative estimate of drug-likeness (QED) is 0.415. The van der Waals surface area contributed by atoms with Crippen molar-refractivity contribution < 1.29 is 17.9 Å². The first-order chi connectivity index (χ1) is 14.8. The standard InChI is InChI=1S/C23H23N3O4S/c1-17-3-9-20(10-4-17)25-23(27)16-30-21-11-7-19(8-12-21)15-24-26-31(28,29)22-13-5-18(2)6-14-22/h3-15,26H,16H2,1-2H3,(H,25,27)/b24-15-. The summed E-state index contributed by atoms with van der Waals surface area (Å²) in [6.07, 6.45) is 1.39. The highest BCUT2D eigenvalue weighted by Crippen LogP contribution is 2.13. The molecule has 8 heteroatoms. The smallest absolute Gasteiger partial charge is 0.276 e. The van der Waals surface area contributed by atoms with Gasteiger partial charge >= 0.3 is 0 Å². The highest BCUT2D eigenvalue weighted by atomic mass is 32.2. The second-order valence-corrected chi connectivity index (χ2v) is 8.60. The van der Waals surface area contributed by atoms with Crippen molar-refractivity contribution in [1.29, 1.82) is 0 Å². The highest BCUT2D eigenvalue weighted by molar-refractivity contribution is 7.89. The van der Waals surface area contributed by atoms with E-state index in [0.29, 0.717) is 17.0 Å². The van der Waals surface area contributed by atoms with Gasteiger partial charge in [0.2, 0.25) is 0 Å². The molecule has 0 saturated heterocycles. The maximum Gasteiger partial charge on any atom is 0.276 e. The molecule has 3 aromatic rings. The van der Waals surface area contributed by atoms with Crippen molar-refractivity contribution in [3.8, 4) is 5.75 Å². The van der Waals surface area contributed by atoms with Gasteiger partial charge in [-0.1, -0.05) is 35.4 Å². The number of hydrogen-bond acceptors (Lipinski definition) is 5. The summed E-state index contributed by atoms with van der Waals surface area (Å²) >= 11 is 0. The van der Waals surface area contributed by atoms with Gasteiger partial charge in [0.15, 0.2) is 6.61 Å². The molecule has 31 heavy (non-hydrogen) atoms. The zero-order chi connectivity index (χ0) is 22.3. The number of sulfonamides is 1. The molecule has 0 aliphatic rings. The second-order valence-electron chi connectivity index (χ2n) is 6.94. The van der Waals surface area contributed by atoms with Gasteiger partial charge in [-0.25, -0.2) is 4.83 Å². The first kappa shape index (κ1) is 22.0. The summed E-state index contributed by atoms with van der Waals surface area (Å²) in [5.74, 6) is 0.247. The van der Waals surface area contributed by atoms with Crippen LogP contribution in [-0.4, -0.2) is 27.1 Å². The monoisotopic (exact) mass is 437 g/mol. The molecule has 0 bridgehead atoms. The number of hydrogen-bond donors (Lipinski definition) is 2. The number of nitrogens with zero attached hydrogens (tertiary/aromatic N) is 1. The summed E-state index contributed by atoms with van der Waals surface area (Å²) in [6.45, 7) is 3.73. The fourth-order valence-corrected chi connectivity index (χ4v) is 3.36. The molecule has 0 aliphatic carbocycles. The van der Waals surface area contributed by atoms with E-state index in [1.807, 2.05) is 38.1 Å². The molecule has 2 N–H and O–H groups in total. The van der Waals surface area contributed by atoms with E-state index in [1.165, 1.54) is 18.3 Å². The normalized spacial score (nSPS) is 11.3. The van der Waals surface area contributed by atoms with E-state index in [2.05, 4.69) is 15.2 Å². The lowest BCUT2D eigenvalue weighted by Gasteiger charge is -2.08. The lowest BCUT2D eigenvalue weighted by Crippen LogP contribution is -2.20. The number of amides is 1. The number of anilines is 1. The molecule has 7 nitrogen and oxygen atoms in total. The number of aryl methyl sites for hydroxylation is 2. The molecular weight excluding hydrogens is 414 g/mol. The fourth-order valence-electron chi connectivity index (χ4n) is 2.57. The van der Waals surface area contributed by atoms with Crippen molar-refractivity contribution in [2.45, 2.75) is 18.7 Å². The molecule has 0 spiro atoms. The van der Waals surface area contributed by atoms with Crippen LogP contribution in [0.25, 0.3) is 0 Å². The predicted octanol–water partition coefficient (Wildman–Crippen LogP) is 3.63. The van der Waals surface area contributed by atoms with Crippen LogP contribution in [-0.2, 0) is 14.8 Å². The highest BCUT2D eigenvalue weighted by Gasteiger charge is 2.11. The molecule has 3 aromatic carbocycles. The number of nitrogens with one attached hydrogen (secondary N) is 2. The molecule has 160 valence electrons. The Hall–Kier alpha value is -3.65. The third-order valence-electron chi connectivity index (χ3n) is 4.30. The molecule has 3 rings (SSSR count). The van der Waals surface area contributed by atoms with Crippen molar-refractivity contribution in [3.05, 3.63) is 89.5 Å². The Bertz CT molecular complexity index is 1150. The van der Waals surface area contributed by atoms with Gasteiger partial charge < -0.3 is 10.1 Å². The van der Waals surface area contributed by atoms with Crippen molar-refractivity contribution in [3.63, 3.8) is 0 Å². The van der Waals surface area contributed by atoms with Crippen molar-refractivity contribution in [1.82, 2.24) is 4.83 Å². The van der Waals surface area contributed by atoms with E-state index in [1.54, 1.807) is 36.4 Å². The minimum atomic E-state index is -3.72. The lowest BCUT2D eigenvalue weighted by atomic mass is 10.2. The number of rotatable bonds is 8. The molecule has 0 unspecified atom stereocenters. The van der Waals surface area contributed by atoms with Crippen LogP contribution in [0.3, 0.4) is 0 Å². The number of benzene rings is 3. The van der Waals surface area contributed by atoms with Gasteiger partial charge in [0.05, 0.1) is 11.1 Å². The molecule has 0 saturated carbocycles. The average molecular weight is 438 g/mol. The van der Waals surface area contributed by atoms with Crippen molar-refractivity contribution >= 4 is 27.8 Å². The zero-order valence-electron chi connectivity index (χ0n) is 17.2. The number of carbonyl (C=O) groups excluding carboxylic acids is 1. The van der Waals surface area contributed by atoms with Gasteiger partial charge in [0.1, 0.15) is 5.75 Å². The van der Waals surface area contributed by atoms with Crippen LogP contribution in [0.15, 0.2) is 82.8 Å². The maximum atomic E-state index is 12.2. The van der Waals surface area contributed by atoms with E-state index in [0.717, 1.165) is 11.1 Å². The Labute approximate surface area is 181 Å². The van der Waals surface area contributed by atoms with E-state index in [-0.39, 0.29) is 17.4 Å². The molecule has 1 amide bonds. The topological polar surface area (TPSA) is 96.9 Å². The van der Waals surface area contributed by atoms with Crippen LogP contribution in [0.1, 0.15) is 16.7 Å². The fraction of sp³-hybridized carbons (Fsp3) is 0.130. The summed E-state index contributed by atoms with van der Waals surface area (Å²) < 4.78 is 29.9. The van der Waals surface area contributed by atoms with Crippen LogP contribution < -0.4 is 14.9 Å². The minimum absolute atomic E-state index is 0.127. The molecule has 0 atom stereocenters. The second kappa shape index (κ2) is 9.90. The van der Waals surface area contributed by atoms with E-state index in [9.17, 15) is 13.2 Å². The average Bonchev–Trinajstić information content (AvgIpc) is 2.75. The Kier molecular flexibility index (Phi) is 7.04. The Morgan fingerprint density at radius 3 is 2.10 bits per heavy atom. The molecule has 0 fully saturated rings. The summed E-state index contributed by atoms with van der Waals surface area (Å²) in [4.78, 5) is 14.3. The summed E-state index contributed by atoms with van der Waals surface area (Å²) in [6, 6.07) is 20.7. The summed E-state index contributed by atoms with van der Waals surface area (Å²) in [5, 5.41) is 6.56.